The number of methoxy groups -OCH3 is 2. The lowest BCUT2D eigenvalue weighted by Crippen LogP contribution is -2.40. The molecule has 160 valence electrons. The third-order valence-electron chi connectivity index (χ3n) is 4.78. The van der Waals surface area contributed by atoms with Crippen LogP contribution in [0.15, 0.2) is 60.5 Å². The van der Waals surface area contributed by atoms with E-state index in [1.807, 2.05) is 0 Å². The number of benzene rings is 1. The highest BCUT2D eigenvalue weighted by atomic mass is 79.9. The van der Waals surface area contributed by atoms with Crippen LogP contribution in [0.2, 0.25) is 5.02 Å². The van der Waals surface area contributed by atoms with Crippen LogP contribution in [0.1, 0.15) is 24.3 Å². The lowest BCUT2D eigenvalue weighted by molar-refractivity contribution is -0.136. The van der Waals surface area contributed by atoms with Crippen LogP contribution in [0.5, 0.6) is 5.75 Å². The molecule has 3 heterocycles. The lowest BCUT2D eigenvalue weighted by atomic mass is 9.95. The van der Waals surface area contributed by atoms with E-state index in [9.17, 15) is 9.59 Å². The number of hydrogen-bond acceptors (Lipinski definition) is 7. The van der Waals surface area contributed by atoms with Crippen molar-refractivity contribution in [1.82, 2.24) is 4.57 Å². The summed E-state index contributed by atoms with van der Waals surface area (Å²) in [6.07, 6.45) is 1.64. The summed E-state index contributed by atoms with van der Waals surface area (Å²) in [4.78, 5) is 31.1. The minimum absolute atomic E-state index is 0.239. The van der Waals surface area contributed by atoms with E-state index in [-0.39, 0.29) is 11.1 Å². The number of aromatic nitrogens is 1. The Morgan fingerprint density at radius 3 is 2.74 bits per heavy atom. The first-order valence-electron chi connectivity index (χ1n) is 9.03. The molecule has 0 spiro atoms. The van der Waals surface area contributed by atoms with Crippen LogP contribution >= 0.6 is 38.9 Å². The predicted octanol–water partition coefficient (Wildman–Crippen LogP) is 3.43. The number of thiazole rings is 1. The fraction of sp³-hybridized carbons (Fsp3) is 0.190. The number of rotatable bonds is 4. The van der Waals surface area contributed by atoms with Crippen LogP contribution in [0, 0.1) is 0 Å². The average molecular weight is 524 g/mol. The first-order chi connectivity index (χ1) is 14.8. The number of fused-ring (bicyclic) bond motifs is 1. The maximum absolute atomic E-state index is 13.4. The zero-order chi connectivity index (χ0) is 22.3. The van der Waals surface area contributed by atoms with Crippen molar-refractivity contribution in [1.29, 1.82) is 0 Å². The number of hydrogen-bond donors (Lipinski definition) is 0. The topological polar surface area (TPSA) is 83.0 Å². The predicted molar refractivity (Wildman–Crippen MR) is 120 cm³/mol. The molecule has 2 aromatic heterocycles. The number of carbonyl (C=O) groups is 1. The number of carbonyl (C=O) groups excluding carboxylic acids is 1. The minimum Gasteiger partial charge on any atom is -0.496 e. The van der Waals surface area contributed by atoms with Crippen molar-refractivity contribution in [2.24, 2.45) is 4.99 Å². The Hall–Kier alpha value is -2.62. The van der Waals surface area contributed by atoms with Crippen LogP contribution in [0.25, 0.3) is 6.08 Å². The average Bonchev–Trinajstić information content (AvgIpc) is 3.29. The molecule has 0 aliphatic carbocycles. The van der Waals surface area contributed by atoms with Gasteiger partial charge in [0.15, 0.2) is 9.47 Å². The summed E-state index contributed by atoms with van der Waals surface area (Å²) in [5.41, 5.74) is 0.922. The zero-order valence-corrected chi connectivity index (χ0v) is 19.8. The smallest absolute Gasteiger partial charge is 0.338 e. The van der Waals surface area contributed by atoms with E-state index < -0.39 is 12.0 Å². The Balaban J connectivity index is 2.04. The fourth-order valence-corrected chi connectivity index (χ4v) is 4.97. The number of nitrogens with zero attached hydrogens (tertiary/aromatic N) is 2. The first-order valence-corrected chi connectivity index (χ1v) is 11.0. The van der Waals surface area contributed by atoms with Crippen molar-refractivity contribution in [2.45, 2.75) is 13.0 Å². The SMILES string of the molecule is COC(=O)C1=C(C)N=c2s/c(=C\c3ccc(Br)o3)c(=O)n2[C@H]1c1cc(Cl)ccc1OC. The van der Waals surface area contributed by atoms with Gasteiger partial charge in [-0.1, -0.05) is 22.9 Å². The van der Waals surface area contributed by atoms with Gasteiger partial charge in [-0.15, -0.1) is 0 Å². The highest BCUT2D eigenvalue weighted by Gasteiger charge is 2.35. The Morgan fingerprint density at radius 1 is 1.32 bits per heavy atom. The molecule has 1 aromatic carbocycles. The second-order valence-corrected chi connectivity index (χ2v) is 8.83. The molecule has 0 bridgehead atoms. The van der Waals surface area contributed by atoms with Crippen LogP contribution in [0.4, 0.5) is 0 Å². The molecule has 1 aliphatic heterocycles. The van der Waals surface area contributed by atoms with Crippen molar-refractivity contribution in [3.05, 3.63) is 82.3 Å². The van der Waals surface area contributed by atoms with E-state index in [4.69, 9.17) is 25.5 Å². The molecule has 0 amide bonds. The standard InChI is InChI=1S/C21H16BrClN2O5S/c1-10-17(20(27)29-3)18(13-8-11(23)4-6-14(13)28-2)25-19(26)15(31-21(25)24-10)9-12-5-7-16(22)30-12/h4-9,18H,1-3H3/b15-9-/t18-/m0/s1. The molecule has 3 aromatic rings. The number of ether oxygens (including phenoxy) is 2. The molecule has 0 fully saturated rings. The second-order valence-electron chi connectivity index (χ2n) is 6.60. The Bertz CT molecular complexity index is 1400. The van der Waals surface area contributed by atoms with E-state index in [1.54, 1.807) is 43.3 Å². The molecule has 1 aliphatic rings. The maximum Gasteiger partial charge on any atom is 0.338 e. The maximum atomic E-state index is 13.4. The molecule has 1 atom stereocenters. The summed E-state index contributed by atoms with van der Waals surface area (Å²) >= 11 is 10.7. The molecule has 0 N–H and O–H groups in total. The summed E-state index contributed by atoms with van der Waals surface area (Å²) < 4.78 is 18.4. The van der Waals surface area contributed by atoms with Gasteiger partial charge in [-0.2, -0.15) is 0 Å². The van der Waals surface area contributed by atoms with E-state index in [0.717, 1.165) is 0 Å². The largest absolute Gasteiger partial charge is 0.496 e. The summed E-state index contributed by atoms with van der Waals surface area (Å²) in [7, 11) is 2.80. The minimum atomic E-state index is -0.817. The van der Waals surface area contributed by atoms with Gasteiger partial charge >= 0.3 is 5.97 Å². The van der Waals surface area contributed by atoms with Gasteiger partial charge in [0.05, 0.1) is 30.0 Å². The molecular formula is C21H16BrClN2O5S. The Morgan fingerprint density at radius 2 is 2.10 bits per heavy atom. The number of furan rings is 1. The van der Waals surface area contributed by atoms with Crippen LogP contribution in [0.3, 0.4) is 0 Å². The van der Waals surface area contributed by atoms with Crippen molar-refractivity contribution >= 4 is 50.9 Å². The molecule has 0 radical (unpaired) electrons. The van der Waals surface area contributed by atoms with Gasteiger partial charge in [0.2, 0.25) is 0 Å². The second kappa shape index (κ2) is 8.49. The first kappa shape index (κ1) is 21.6. The third-order valence-corrected chi connectivity index (χ3v) is 6.42. The molecule has 0 saturated carbocycles. The van der Waals surface area contributed by atoms with Gasteiger partial charge in [-0.25, -0.2) is 9.79 Å². The molecule has 0 saturated heterocycles. The van der Waals surface area contributed by atoms with Gasteiger partial charge < -0.3 is 13.9 Å². The van der Waals surface area contributed by atoms with Crippen LogP contribution in [-0.2, 0) is 9.53 Å². The molecule has 0 unspecified atom stereocenters. The summed E-state index contributed by atoms with van der Waals surface area (Å²) in [5, 5.41) is 0.442. The van der Waals surface area contributed by atoms with Gasteiger partial charge in [0, 0.05) is 16.7 Å². The molecule has 4 rings (SSSR count). The van der Waals surface area contributed by atoms with Crippen molar-refractivity contribution in [3.63, 3.8) is 0 Å². The fourth-order valence-electron chi connectivity index (χ4n) is 3.44. The highest BCUT2D eigenvalue weighted by Crippen LogP contribution is 2.37. The quantitative estimate of drug-likeness (QED) is 0.490. The number of esters is 1. The van der Waals surface area contributed by atoms with Gasteiger partial charge in [-0.3, -0.25) is 9.36 Å². The van der Waals surface area contributed by atoms with E-state index in [0.29, 0.717) is 41.8 Å². The van der Waals surface area contributed by atoms with E-state index in [2.05, 4.69) is 20.9 Å². The molecule has 10 heteroatoms. The van der Waals surface area contributed by atoms with E-state index in [1.165, 1.54) is 30.1 Å². The number of halogens is 2. The molecular weight excluding hydrogens is 508 g/mol. The monoisotopic (exact) mass is 522 g/mol. The van der Waals surface area contributed by atoms with Gasteiger partial charge in [0.1, 0.15) is 17.6 Å². The highest BCUT2D eigenvalue weighted by molar-refractivity contribution is 9.10. The van der Waals surface area contributed by atoms with Gasteiger partial charge in [0.25, 0.3) is 5.56 Å². The Labute approximate surface area is 194 Å². The third kappa shape index (κ3) is 3.88. The summed E-state index contributed by atoms with van der Waals surface area (Å²) in [5.74, 6) is 0.408. The van der Waals surface area contributed by atoms with Crippen LogP contribution in [-0.4, -0.2) is 24.8 Å². The van der Waals surface area contributed by atoms with Crippen molar-refractivity contribution < 1.29 is 18.7 Å². The summed E-state index contributed by atoms with van der Waals surface area (Å²) in [6, 6.07) is 7.71. The molecule has 7 nitrogen and oxygen atoms in total. The van der Waals surface area contributed by atoms with Crippen molar-refractivity contribution in [2.75, 3.05) is 14.2 Å². The Kier molecular flexibility index (Phi) is 5.92. The van der Waals surface area contributed by atoms with Crippen LogP contribution < -0.4 is 19.6 Å². The lowest BCUT2D eigenvalue weighted by Gasteiger charge is -2.25. The molecule has 31 heavy (non-hydrogen) atoms. The zero-order valence-electron chi connectivity index (χ0n) is 16.6. The van der Waals surface area contributed by atoms with Crippen molar-refractivity contribution in [3.8, 4) is 5.75 Å². The van der Waals surface area contributed by atoms with Gasteiger partial charge in [-0.05, 0) is 53.2 Å². The van der Waals surface area contributed by atoms with E-state index >= 15 is 0 Å². The summed E-state index contributed by atoms with van der Waals surface area (Å²) in [6.45, 7) is 1.71. The normalized spacial score (nSPS) is 16.2. The number of allylic oxidation sites excluding steroid dienone is 1.